The van der Waals surface area contributed by atoms with Crippen LogP contribution in [0.4, 0.5) is 0 Å². The molecule has 0 aliphatic carbocycles. The molecule has 0 aromatic heterocycles. The minimum Gasteiger partial charge on any atom is -0.394 e. The van der Waals surface area contributed by atoms with Crippen LogP contribution < -0.4 is 0 Å². The van der Waals surface area contributed by atoms with E-state index in [2.05, 4.69) is 0 Å². The van der Waals surface area contributed by atoms with Crippen LogP contribution in [0.25, 0.3) is 0 Å². The molecule has 0 aromatic carbocycles. The van der Waals surface area contributed by atoms with Crippen molar-refractivity contribution >= 4 is 9.84 Å². The van der Waals surface area contributed by atoms with Crippen LogP contribution >= 0.6 is 0 Å². The van der Waals surface area contributed by atoms with E-state index < -0.39 is 15.9 Å². The molecule has 1 saturated heterocycles. The highest BCUT2D eigenvalue weighted by molar-refractivity contribution is 7.91. The summed E-state index contributed by atoms with van der Waals surface area (Å²) in [6.07, 6.45) is 0.801. The minimum atomic E-state index is -2.55. The Balaban J connectivity index is 0.000000226. The summed E-state index contributed by atoms with van der Waals surface area (Å²) in [6.45, 7) is -0.729. The standard InChI is InChI=1S/C4H8O2S.C3H8O3/c5-7(6)3-1-2-4-7;4-1-3(6)2-5/h1-4H2;3-6H,1-2H2. The number of hydrogen-bond donors (Lipinski definition) is 3. The maximum Gasteiger partial charge on any atom is 0.150 e. The van der Waals surface area contributed by atoms with Crippen molar-refractivity contribution in [3.05, 3.63) is 0 Å². The SMILES string of the molecule is O=S1(=O)CCCC1.OCC(O)CO. The molecule has 1 rings (SSSR count). The molecule has 5 nitrogen and oxygen atoms in total. The van der Waals surface area contributed by atoms with Crippen molar-refractivity contribution in [3.8, 4) is 0 Å². The Bertz CT molecular complexity index is 195. The van der Waals surface area contributed by atoms with E-state index in [1.807, 2.05) is 0 Å². The molecule has 1 aliphatic heterocycles. The molecule has 1 heterocycles. The molecule has 0 saturated carbocycles. The minimum absolute atomic E-state index is 0.365. The molecule has 0 atom stereocenters. The molecule has 80 valence electrons. The van der Waals surface area contributed by atoms with Crippen LogP contribution in [0.2, 0.25) is 0 Å². The van der Waals surface area contributed by atoms with Gasteiger partial charge in [0.1, 0.15) is 15.9 Å². The second kappa shape index (κ2) is 6.31. The van der Waals surface area contributed by atoms with Gasteiger partial charge in [0, 0.05) is 0 Å². The molecule has 1 aliphatic rings. The molecule has 0 aromatic rings. The van der Waals surface area contributed by atoms with Gasteiger partial charge in [-0.05, 0) is 12.8 Å². The second-order valence-corrected chi connectivity index (χ2v) is 5.18. The predicted molar refractivity (Wildman–Crippen MR) is 48.1 cm³/mol. The van der Waals surface area contributed by atoms with Gasteiger partial charge in [0.25, 0.3) is 0 Å². The average molecular weight is 212 g/mol. The summed E-state index contributed by atoms with van der Waals surface area (Å²) in [5.74, 6) is 0.847. The highest BCUT2D eigenvalue weighted by Gasteiger charge is 2.16. The smallest absolute Gasteiger partial charge is 0.150 e. The van der Waals surface area contributed by atoms with Gasteiger partial charge in [-0.15, -0.1) is 0 Å². The molecule has 0 bridgehead atoms. The Morgan fingerprint density at radius 1 is 1.08 bits per heavy atom. The third-order valence-electron chi connectivity index (χ3n) is 1.58. The maximum absolute atomic E-state index is 10.4. The van der Waals surface area contributed by atoms with Crippen LogP contribution in [0.5, 0.6) is 0 Å². The third-order valence-corrected chi connectivity index (χ3v) is 3.40. The zero-order chi connectivity index (χ0) is 10.3. The quantitative estimate of drug-likeness (QED) is 0.519. The Labute approximate surface area is 77.9 Å². The summed E-state index contributed by atoms with van der Waals surface area (Å²) >= 11 is 0. The van der Waals surface area contributed by atoms with E-state index in [1.54, 1.807) is 0 Å². The van der Waals surface area contributed by atoms with Crippen LogP contribution in [-0.2, 0) is 9.84 Å². The third kappa shape index (κ3) is 6.94. The van der Waals surface area contributed by atoms with E-state index in [-0.39, 0.29) is 13.2 Å². The number of rotatable bonds is 2. The predicted octanol–water partition coefficient (Wildman–Crippen LogP) is -1.47. The van der Waals surface area contributed by atoms with Gasteiger partial charge in [0.15, 0.2) is 0 Å². The normalized spacial score (nSPS) is 19.7. The highest BCUT2D eigenvalue weighted by atomic mass is 32.2. The Morgan fingerprint density at radius 3 is 1.54 bits per heavy atom. The first-order valence-corrected chi connectivity index (χ1v) is 5.94. The topological polar surface area (TPSA) is 94.8 Å². The number of aliphatic hydroxyl groups excluding tert-OH is 3. The Morgan fingerprint density at radius 2 is 1.46 bits per heavy atom. The number of hydrogen-bond acceptors (Lipinski definition) is 5. The number of aliphatic hydroxyl groups is 3. The Hall–Kier alpha value is -0.170. The first-order valence-electron chi connectivity index (χ1n) is 4.12. The van der Waals surface area contributed by atoms with Crippen LogP contribution in [0.1, 0.15) is 12.8 Å². The van der Waals surface area contributed by atoms with Gasteiger partial charge in [0.2, 0.25) is 0 Å². The van der Waals surface area contributed by atoms with Crippen LogP contribution in [-0.4, -0.2) is 54.6 Å². The van der Waals surface area contributed by atoms with Gasteiger partial charge >= 0.3 is 0 Å². The average Bonchev–Trinajstić information content (AvgIpc) is 2.49. The van der Waals surface area contributed by atoms with Crippen molar-refractivity contribution in [3.63, 3.8) is 0 Å². The van der Waals surface area contributed by atoms with Gasteiger partial charge in [-0.3, -0.25) is 0 Å². The lowest BCUT2D eigenvalue weighted by Gasteiger charge is -1.96. The lowest BCUT2D eigenvalue weighted by atomic mass is 10.4. The molecule has 0 unspecified atom stereocenters. The number of sulfone groups is 1. The van der Waals surface area contributed by atoms with Crippen LogP contribution in [0.3, 0.4) is 0 Å². The lowest BCUT2D eigenvalue weighted by Crippen LogP contribution is -2.15. The van der Waals surface area contributed by atoms with E-state index in [4.69, 9.17) is 15.3 Å². The fraction of sp³-hybridized carbons (Fsp3) is 1.00. The fourth-order valence-electron chi connectivity index (χ4n) is 0.804. The summed E-state index contributed by atoms with van der Waals surface area (Å²) in [5, 5.41) is 24.0. The fourth-order valence-corrected chi connectivity index (χ4v) is 2.30. The molecule has 0 radical (unpaired) electrons. The molecule has 0 spiro atoms. The summed E-state index contributed by atoms with van der Waals surface area (Å²) in [6, 6.07) is 0. The van der Waals surface area contributed by atoms with Crippen molar-refractivity contribution in [2.24, 2.45) is 0 Å². The van der Waals surface area contributed by atoms with Crippen molar-refractivity contribution in [1.82, 2.24) is 0 Å². The highest BCUT2D eigenvalue weighted by Crippen LogP contribution is 2.08. The first kappa shape index (κ1) is 12.8. The van der Waals surface area contributed by atoms with Gasteiger partial charge < -0.3 is 15.3 Å². The van der Waals surface area contributed by atoms with E-state index in [0.717, 1.165) is 12.8 Å². The van der Waals surface area contributed by atoms with Gasteiger partial charge in [0.05, 0.1) is 24.7 Å². The monoisotopic (exact) mass is 212 g/mol. The summed E-state index contributed by atoms with van der Waals surface area (Å²) < 4.78 is 20.9. The largest absolute Gasteiger partial charge is 0.394 e. The van der Waals surface area contributed by atoms with Crippen LogP contribution in [0, 0.1) is 0 Å². The van der Waals surface area contributed by atoms with E-state index >= 15 is 0 Å². The molecule has 1 fully saturated rings. The Kier molecular flexibility index (Phi) is 6.23. The van der Waals surface area contributed by atoms with E-state index in [9.17, 15) is 8.42 Å². The molecule has 13 heavy (non-hydrogen) atoms. The first-order chi connectivity index (χ1) is 6.02. The summed E-state index contributed by atoms with van der Waals surface area (Å²) in [4.78, 5) is 0. The molecular weight excluding hydrogens is 196 g/mol. The van der Waals surface area contributed by atoms with Gasteiger partial charge in [-0.1, -0.05) is 0 Å². The van der Waals surface area contributed by atoms with Gasteiger partial charge in [-0.25, -0.2) is 8.42 Å². The van der Waals surface area contributed by atoms with Crippen molar-refractivity contribution in [2.75, 3.05) is 24.7 Å². The van der Waals surface area contributed by atoms with E-state index in [1.165, 1.54) is 0 Å². The molecule has 3 N–H and O–H groups in total. The summed E-state index contributed by atoms with van der Waals surface area (Å²) in [5.41, 5.74) is 0. The van der Waals surface area contributed by atoms with Crippen LogP contribution in [0.15, 0.2) is 0 Å². The second-order valence-electron chi connectivity index (χ2n) is 2.88. The van der Waals surface area contributed by atoms with Crippen molar-refractivity contribution in [1.29, 1.82) is 0 Å². The molecule has 6 heteroatoms. The van der Waals surface area contributed by atoms with Crippen molar-refractivity contribution < 1.29 is 23.7 Å². The zero-order valence-corrected chi connectivity index (χ0v) is 8.20. The zero-order valence-electron chi connectivity index (χ0n) is 7.39. The molecule has 0 amide bonds. The molecular formula is C7H16O5S. The maximum atomic E-state index is 10.4. The van der Waals surface area contributed by atoms with Crippen molar-refractivity contribution in [2.45, 2.75) is 18.9 Å². The summed E-state index contributed by atoms with van der Waals surface area (Å²) in [7, 11) is -2.55. The van der Waals surface area contributed by atoms with E-state index in [0.29, 0.717) is 11.5 Å². The van der Waals surface area contributed by atoms with Gasteiger partial charge in [-0.2, -0.15) is 0 Å². The lowest BCUT2D eigenvalue weighted by molar-refractivity contribution is 0.0450.